The summed E-state index contributed by atoms with van der Waals surface area (Å²) in [7, 11) is 0. The van der Waals surface area contributed by atoms with Crippen LogP contribution in [-0.4, -0.2) is 46.8 Å². The third kappa shape index (κ3) is 6.43. The van der Waals surface area contributed by atoms with Gasteiger partial charge in [-0.1, -0.05) is 29.8 Å². The second-order valence-electron chi connectivity index (χ2n) is 7.87. The number of nitrogens with one attached hydrogen (secondary N) is 1. The van der Waals surface area contributed by atoms with Crippen LogP contribution in [0.5, 0.6) is 0 Å². The number of carboxylic acids is 1. The molecule has 6 nitrogen and oxygen atoms in total. The zero-order valence-electron chi connectivity index (χ0n) is 16.4. The lowest BCUT2D eigenvalue weighted by Crippen LogP contribution is -2.58. The monoisotopic (exact) mass is 395 g/mol. The van der Waals surface area contributed by atoms with Crippen molar-refractivity contribution in [2.75, 3.05) is 13.2 Å². The zero-order valence-corrected chi connectivity index (χ0v) is 17.2. The molecule has 7 heteroatoms. The molecule has 27 heavy (non-hydrogen) atoms. The van der Waals surface area contributed by atoms with Gasteiger partial charge in [0.15, 0.2) is 0 Å². The number of hydrogen-bond donors (Lipinski definition) is 2. The predicted molar refractivity (Wildman–Crippen MR) is 106 cm³/mol. The van der Waals surface area contributed by atoms with Crippen LogP contribution in [0.25, 0.3) is 0 Å². The predicted octanol–water partition coefficient (Wildman–Crippen LogP) is 3.76. The summed E-state index contributed by atoms with van der Waals surface area (Å²) < 4.78 is 10.1. The van der Waals surface area contributed by atoms with E-state index < -0.39 is 28.5 Å². The van der Waals surface area contributed by atoms with Crippen LogP contribution >= 0.6 is 11.8 Å². The van der Waals surface area contributed by atoms with Gasteiger partial charge in [-0.2, -0.15) is 0 Å². The number of benzene rings is 1. The summed E-state index contributed by atoms with van der Waals surface area (Å²) in [5.74, 6) is -0.390. The molecule has 1 aromatic rings. The average Bonchev–Trinajstić information content (AvgIpc) is 2.58. The number of carboxylic acid groups (broad SMARTS) is 1. The van der Waals surface area contributed by atoms with Gasteiger partial charge in [-0.15, -0.1) is 11.8 Å². The van der Waals surface area contributed by atoms with Gasteiger partial charge in [-0.3, -0.25) is 0 Å². The number of hydrogen-bond acceptors (Lipinski definition) is 5. The zero-order chi connectivity index (χ0) is 20.1. The molecule has 2 rings (SSSR count). The summed E-state index contributed by atoms with van der Waals surface area (Å²) in [5, 5.41) is 12.4. The molecule has 1 aromatic carbocycles. The minimum absolute atomic E-state index is 0.473. The number of carbonyl (C=O) groups is 2. The molecule has 1 unspecified atom stereocenters. The van der Waals surface area contributed by atoms with Gasteiger partial charge in [-0.05, 0) is 46.1 Å². The lowest BCUT2D eigenvalue weighted by molar-refractivity contribution is -0.141. The highest BCUT2D eigenvalue weighted by Crippen LogP contribution is 2.41. The van der Waals surface area contributed by atoms with E-state index in [4.69, 9.17) is 9.47 Å². The van der Waals surface area contributed by atoms with E-state index in [1.807, 2.05) is 31.2 Å². The first-order valence-electron chi connectivity index (χ1n) is 9.11. The van der Waals surface area contributed by atoms with Crippen molar-refractivity contribution in [3.05, 3.63) is 35.4 Å². The van der Waals surface area contributed by atoms with Crippen molar-refractivity contribution >= 4 is 23.8 Å². The van der Waals surface area contributed by atoms with E-state index in [1.54, 1.807) is 32.5 Å². The van der Waals surface area contributed by atoms with Gasteiger partial charge >= 0.3 is 12.1 Å². The van der Waals surface area contributed by atoms with Crippen molar-refractivity contribution in [2.24, 2.45) is 0 Å². The number of carbonyl (C=O) groups excluding carboxylic acids is 1. The summed E-state index contributed by atoms with van der Waals surface area (Å²) >= 11 is 1.57. The van der Waals surface area contributed by atoms with Gasteiger partial charge in [0.1, 0.15) is 11.6 Å². The molecule has 0 aromatic heterocycles. The lowest BCUT2D eigenvalue weighted by atomic mass is 9.90. The molecule has 1 saturated heterocycles. The number of rotatable bonds is 6. The van der Waals surface area contributed by atoms with Crippen LogP contribution in [0, 0.1) is 6.92 Å². The van der Waals surface area contributed by atoms with Crippen LogP contribution in [0.4, 0.5) is 4.79 Å². The lowest BCUT2D eigenvalue weighted by Gasteiger charge is -2.41. The number of ether oxygens (including phenoxy) is 2. The fourth-order valence-electron chi connectivity index (χ4n) is 2.99. The van der Waals surface area contributed by atoms with E-state index in [9.17, 15) is 14.7 Å². The molecule has 2 N–H and O–H groups in total. The smallest absolute Gasteiger partial charge is 0.408 e. The first-order chi connectivity index (χ1) is 12.6. The second kappa shape index (κ2) is 8.97. The fourth-order valence-corrected chi connectivity index (χ4v) is 4.42. The number of thioether (sulfide) groups is 1. The minimum atomic E-state index is -1.06. The Morgan fingerprint density at radius 2 is 1.85 bits per heavy atom. The number of alkyl carbamates (subject to hydrolysis) is 1. The maximum Gasteiger partial charge on any atom is 0.408 e. The van der Waals surface area contributed by atoms with E-state index in [-0.39, 0.29) is 0 Å². The highest BCUT2D eigenvalue weighted by atomic mass is 32.2. The third-order valence-electron chi connectivity index (χ3n) is 4.42. The van der Waals surface area contributed by atoms with E-state index >= 15 is 0 Å². The quantitative estimate of drug-likeness (QED) is 0.763. The van der Waals surface area contributed by atoms with Crippen LogP contribution in [0.1, 0.15) is 44.7 Å². The number of aliphatic carboxylic acids is 1. The molecule has 1 atom stereocenters. The standard InChI is InChI=1S/C20H29NO5S/c1-14-5-7-15(8-6-14)13-27-20(9-11-25-12-10-20)16(17(22)23)21-18(24)26-19(2,3)4/h5-8,16H,9-13H2,1-4H3,(H,21,24)(H,22,23). The van der Waals surface area contributed by atoms with Gasteiger partial charge in [0.05, 0.1) is 4.75 Å². The van der Waals surface area contributed by atoms with Gasteiger partial charge in [0.25, 0.3) is 0 Å². The average molecular weight is 396 g/mol. The van der Waals surface area contributed by atoms with Gasteiger partial charge < -0.3 is 19.9 Å². The van der Waals surface area contributed by atoms with Gasteiger partial charge in [-0.25, -0.2) is 9.59 Å². The van der Waals surface area contributed by atoms with Crippen molar-refractivity contribution in [3.8, 4) is 0 Å². The maximum atomic E-state index is 12.2. The van der Waals surface area contributed by atoms with E-state index in [0.717, 1.165) is 5.56 Å². The highest BCUT2D eigenvalue weighted by molar-refractivity contribution is 8.00. The van der Waals surface area contributed by atoms with Crippen molar-refractivity contribution in [1.82, 2.24) is 5.32 Å². The Morgan fingerprint density at radius 1 is 1.26 bits per heavy atom. The van der Waals surface area contributed by atoms with Crippen molar-refractivity contribution in [3.63, 3.8) is 0 Å². The normalized spacial score (nSPS) is 17.8. The Balaban J connectivity index is 2.17. The first-order valence-corrected chi connectivity index (χ1v) is 10.1. The van der Waals surface area contributed by atoms with Crippen molar-refractivity contribution in [2.45, 2.75) is 62.7 Å². The SMILES string of the molecule is Cc1ccc(CSC2(C(NC(=O)OC(C)(C)C)C(=O)O)CCOCC2)cc1. The molecule has 0 radical (unpaired) electrons. The number of aryl methyl sites for hydroxylation is 1. The Bertz CT molecular complexity index is 647. The van der Waals surface area contributed by atoms with E-state index in [0.29, 0.717) is 31.8 Å². The van der Waals surface area contributed by atoms with Gasteiger partial charge in [0.2, 0.25) is 0 Å². The largest absolute Gasteiger partial charge is 0.480 e. The minimum Gasteiger partial charge on any atom is -0.480 e. The molecule has 0 spiro atoms. The second-order valence-corrected chi connectivity index (χ2v) is 9.26. The molecule has 0 aliphatic carbocycles. The summed E-state index contributed by atoms with van der Waals surface area (Å²) in [5.41, 5.74) is 1.61. The summed E-state index contributed by atoms with van der Waals surface area (Å²) in [6.45, 7) is 8.22. The highest BCUT2D eigenvalue weighted by Gasteiger charge is 2.46. The Hall–Kier alpha value is -1.73. The summed E-state index contributed by atoms with van der Waals surface area (Å²) in [4.78, 5) is 24.3. The maximum absolute atomic E-state index is 12.2. The van der Waals surface area contributed by atoms with Crippen molar-refractivity contribution in [1.29, 1.82) is 0 Å². The molecular weight excluding hydrogens is 366 g/mol. The molecule has 0 bridgehead atoms. The van der Waals surface area contributed by atoms with Gasteiger partial charge in [0, 0.05) is 19.0 Å². The van der Waals surface area contributed by atoms with Crippen molar-refractivity contribution < 1.29 is 24.2 Å². The van der Waals surface area contributed by atoms with Crippen LogP contribution < -0.4 is 5.32 Å². The molecule has 1 heterocycles. The Labute approximate surface area is 165 Å². The first kappa shape index (κ1) is 21.6. The summed E-state index contributed by atoms with van der Waals surface area (Å²) in [6.07, 6.45) is 0.392. The van der Waals surface area contributed by atoms with E-state index in [2.05, 4.69) is 5.32 Å². The Kier molecular flexibility index (Phi) is 7.17. The molecule has 0 saturated carbocycles. The van der Waals surface area contributed by atoms with E-state index in [1.165, 1.54) is 5.56 Å². The topological polar surface area (TPSA) is 84.9 Å². The third-order valence-corrected chi connectivity index (χ3v) is 6.12. The van der Waals surface area contributed by atoms with Crippen LogP contribution in [0.2, 0.25) is 0 Å². The molecular formula is C20H29NO5S. The summed E-state index contributed by atoms with van der Waals surface area (Å²) in [6, 6.07) is 7.13. The van der Waals surface area contributed by atoms with Crippen LogP contribution in [0.3, 0.4) is 0 Å². The fraction of sp³-hybridized carbons (Fsp3) is 0.600. The Morgan fingerprint density at radius 3 is 2.37 bits per heavy atom. The molecule has 1 amide bonds. The molecule has 1 aliphatic heterocycles. The molecule has 150 valence electrons. The van der Waals surface area contributed by atoms with Crippen LogP contribution in [-0.2, 0) is 20.0 Å². The van der Waals surface area contributed by atoms with Crippen LogP contribution in [0.15, 0.2) is 24.3 Å². The molecule has 1 aliphatic rings. The number of amides is 1. The molecule has 1 fully saturated rings.